The minimum absolute atomic E-state index is 0.130. The molecule has 1 aromatic heterocycles. The van der Waals surface area contributed by atoms with Crippen molar-refractivity contribution in [2.75, 3.05) is 6.54 Å². The smallest absolute Gasteiger partial charge is 0.0673 e. The molecule has 1 saturated carbocycles. The number of hydrogen-bond donors (Lipinski definition) is 1. The fourth-order valence-corrected chi connectivity index (χ4v) is 4.30. The average molecular weight is 273 g/mol. The van der Waals surface area contributed by atoms with Crippen LogP contribution >= 0.6 is 0 Å². The van der Waals surface area contributed by atoms with Gasteiger partial charge in [-0.25, -0.2) is 0 Å². The van der Waals surface area contributed by atoms with Gasteiger partial charge in [0.1, 0.15) is 0 Å². The lowest BCUT2D eigenvalue weighted by Gasteiger charge is -2.48. The molecular weight excluding hydrogens is 246 g/mol. The second-order valence-electron chi connectivity index (χ2n) is 6.55. The Hall–Kier alpha value is -0.930. The zero-order chi connectivity index (χ0) is 13.9. The van der Waals surface area contributed by atoms with Gasteiger partial charge in [0.05, 0.1) is 11.7 Å². The van der Waals surface area contributed by atoms with Crippen LogP contribution in [-0.4, -0.2) is 28.5 Å². The van der Waals surface area contributed by atoms with Crippen molar-refractivity contribution < 1.29 is 0 Å². The third-order valence-electron chi connectivity index (χ3n) is 5.13. The summed E-state index contributed by atoms with van der Waals surface area (Å²) in [5.74, 6) is 0.891. The summed E-state index contributed by atoms with van der Waals surface area (Å²) in [6.07, 6.45) is 10.2. The molecule has 0 bridgehead atoms. The Morgan fingerprint density at radius 1 is 1.20 bits per heavy atom. The topological polar surface area (TPSA) is 42.1 Å². The van der Waals surface area contributed by atoms with Crippen LogP contribution in [-0.2, 0) is 0 Å². The number of hydrogen-bond acceptors (Lipinski definition) is 3. The molecule has 3 heteroatoms. The van der Waals surface area contributed by atoms with Crippen LogP contribution in [0.15, 0.2) is 24.4 Å². The van der Waals surface area contributed by atoms with Gasteiger partial charge in [0.2, 0.25) is 0 Å². The molecule has 1 aliphatic heterocycles. The van der Waals surface area contributed by atoms with E-state index < -0.39 is 0 Å². The molecule has 0 spiro atoms. The largest absolute Gasteiger partial charge is 0.326 e. The minimum atomic E-state index is 0.130. The van der Waals surface area contributed by atoms with Crippen LogP contribution in [0.1, 0.15) is 57.2 Å². The van der Waals surface area contributed by atoms with Gasteiger partial charge in [-0.2, -0.15) is 0 Å². The second kappa shape index (κ2) is 6.23. The van der Waals surface area contributed by atoms with Crippen molar-refractivity contribution in [3.8, 4) is 0 Å². The first-order valence-electron chi connectivity index (χ1n) is 8.19. The van der Waals surface area contributed by atoms with E-state index in [0.29, 0.717) is 0 Å². The van der Waals surface area contributed by atoms with Gasteiger partial charge in [-0.15, -0.1) is 0 Å². The van der Waals surface area contributed by atoms with Crippen LogP contribution < -0.4 is 5.73 Å². The van der Waals surface area contributed by atoms with Gasteiger partial charge in [0.15, 0.2) is 0 Å². The Balaban J connectivity index is 1.86. The summed E-state index contributed by atoms with van der Waals surface area (Å²) in [7, 11) is 0. The third-order valence-corrected chi connectivity index (χ3v) is 5.13. The standard InChI is InChI=1S/C17H27N3/c1-13(18)17(15-9-4-5-11-19-15)20-12-6-8-14-7-2-3-10-16(14)20/h4-5,9,11,13-14,16-17H,2-3,6-8,10,12,18H2,1H3. The number of rotatable bonds is 3. The lowest BCUT2D eigenvalue weighted by atomic mass is 9.77. The maximum atomic E-state index is 6.34. The van der Waals surface area contributed by atoms with E-state index in [4.69, 9.17) is 5.73 Å². The first-order valence-corrected chi connectivity index (χ1v) is 8.19. The Morgan fingerprint density at radius 2 is 2.00 bits per heavy atom. The van der Waals surface area contributed by atoms with Crippen LogP contribution in [0.3, 0.4) is 0 Å². The van der Waals surface area contributed by atoms with Crippen molar-refractivity contribution in [1.29, 1.82) is 0 Å². The highest BCUT2D eigenvalue weighted by Crippen LogP contribution is 2.39. The number of pyridine rings is 1. The van der Waals surface area contributed by atoms with Crippen LogP contribution in [0.5, 0.6) is 0 Å². The summed E-state index contributed by atoms with van der Waals surface area (Å²) in [4.78, 5) is 7.27. The van der Waals surface area contributed by atoms with E-state index >= 15 is 0 Å². The molecule has 1 aromatic rings. The normalized spacial score (nSPS) is 30.5. The first-order chi connectivity index (χ1) is 9.77. The van der Waals surface area contributed by atoms with Gasteiger partial charge in [-0.3, -0.25) is 9.88 Å². The zero-order valence-electron chi connectivity index (χ0n) is 12.5. The Morgan fingerprint density at radius 3 is 2.75 bits per heavy atom. The van der Waals surface area contributed by atoms with Gasteiger partial charge >= 0.3 is 0 Å². The lowest BCUT2D eigenvalue weighted by Crippen LogP contribution is -2.52. The third kappa shape index (κ3) is 2.75. The molecule has 0 radical (unpaired) electrons. The molecule has 2 heterocycles. The number of aromatic nitrogens is 1. The molecule has 0 aromatic carbocycles. The van der Waals surface area contributed by atoms with Crippen LogP contribution in [0, 0.1) is 5.92 Å². The van der Waals surface area contributed by atoms with Gasteiger partial charge in [-0.1, -0.05) is 18.9 Å². The fourth-order valence-electron chi connectivity index (χ4n) is 4.30. The average Bonchev–Trinajstić information content (AvgIpc) is 2.48. The number of likely N-dealkylation sites (tertiary alicyclic amines) is 1. The molecule has 4 unspecified atom stereocenters. The molecule has 20 heavy (non-hydrogen) atoms. The van der Waals surface area contributed by atoms with E-state index in [-0.39, 0.29) is 12.1 Å². The Kier molecular flexibility index (Phi) is 4.37. The highest BCUT2D eigenvalue weighted by molar-refractivity contribution is 5.12. The number of piperidine rings is 1. The van der Waals surface area contributed by atoms with E-state index in [1.54, 1.807) is 0 Å². The second-order valence-corrected chi connectivity index (χ2v) is 6.55. The van der Waals surface area contributed by atoms with E-state index in [0.717, 1.165) is 17.7 Å². The van der Waals surface area contributed by atoms with Crippen molar-refractivity contribution in [3.63, 3.8) is 0 Å². The SMILES string of the molecule is CC(N)C(c1ccccn1)N1CCCC2CCCCC21. The van der Waals surface area contributed by atoms with Crippen molar-refractivity contribution >= 4 is 0 Å². The fraction of sp³-hybridized carbons (Fsp3) is 0.706. The summed E-state index contributed by atoms with van der Waals surface area (Å²) in [5, 5.41) is 0. The summed E-state index contributed by atoms with van der Waals surface area (Å²) in [6, 6.07) is 7.35. The predicted molar refractivity (Wildman–Crippen MR) is 82.3 cm³/mol. The molecule has 4 atom stereocenters. The van der Waals surface area contributed by atoms with Gasteiger partial charge in [0, 0.05) is 18.3 Å². The maximum Gasteiger partial charge on any atom is 0.0673 e. The highest BCUT2D eigenvalue weighted by atomic mass is 15.2. The monoisotopic (exact) mass is 273 g/mol. The van der Waals surface area contributed by atoms with Crippen LogP contribution in [0.2, 0.25) is 0 Å². The zero-order valence-corrected chi connectivity index (χ0v) is 12.5. The summed E-state index contributed by atoms with van der Waals surface area (Å²) < 4.78 is 0. The number of nitrogens with two attached hydrogens (primary N) is 1. The minimum Gasteiger partial charge on any atom is -0.326 e. The van der Waals surface area contributed by atoms with E-state index in [1.807, 2.05) is 12.3 Å². The molecule has 0 amide bonds. The van der Waals surface area contributed by atoms with Crippen LogP contribution in [0.4, 0.5) is 0 Å². The summed E-state index contributed by atoms with van der Waals surface area (Å²) in [5.41, 5.74) is 7.49. The van der Waals surface area contributed by atoms with Gasteiger partial charge in [0.25, 0.3) is 0 Å². The molecule has 2 aliphatic rings. The first kappa shape index (κ1) is 14.0. The Bertz CT molecular complexity index is 416. The Labute approximate surface area is 122 Å². The van der Waals surface area contributed by atoms with E-state index in [1.165, 1.54) is 45.1 Å². The molecule has 2 fully saturated rings. The summed E-state index contributed by atoms with van der Waals surface area (Å²) >= 11 is 0. The van der Waals surface area contributed by atoms with E-state index in [9.17, 15) is 0 Å². The maximum absolute atomic E-state index is 6.34. The van der Waals surface area contributed by atoms with Crippen molar-refractivity contribution in [2.45, 2.75) is 63.6 Å². The van der Waals surface area contributed by atoms with Crippen molar-refractivity contribution in [2.24, 2.45) is 11.7 Å². The van der Waals surface area contributed by atoms with Crippen LogP contribution in [0.25, 0.3) is 0 Å². The van der Waals surface area contributed by atoms with Crippen molar-refractivity contribution in [1.82, 2.24) is 9.88 Å². The van der Waals surface area contributed by atoms with Crippen molar-refractivity contribution in [3.05, 3.63) is 30.1 Å². The highest BCUT2D eigenvalue weighted by Gasteiger charge is 2.38. The molecule has 3 rings (SSSR count). The van der Waals surface area contributed by atoms with E-state index in [2.05, 4.69) is 28.9 Å². The molecule has 1 aliphatic carbocycles. The number of fused-ring (bicyclic) bond motifs is 1. The van der Waals surface area contributed by atoms with Gasteiger partial charge in [-0.05, 0) is 57.2 Å². The predicted octanol–water partition coefficient (Wildman–Crippen LogP) is 3.12. The van der Waals surface area contributed by atoms with Gasteiger partial charge < -0.3 is 5.73 Å². The quantitative estimate of drug-likeness (QED) is 0.920. The molecule has 3 nitrogen and oxygen atoms in total. The molecule has 1 saturated heterocycles. The lowest BCUT2D eigenvalue weighted by molar-refractivity contribution is 0.0164. The molecular formula is C17H27N3. The molecule has 2 N–H and O–H groups in total. The molecule has 110 valence electrons. The summed E-state index contributed by atoms with van der Waals surface area (Å²) in [6.45, 7) is 3.32. The number of nitrogens with zero attached hydrogens (tertiary/aromatic N) is 2.